The van der Waals surface area contributed by atoms with Gasteiger partial charge in [0.05, 0.1) is 24.5 Å². The summed E-state index contributed by atoms with van der Waals surface area (Å²) >= 11 is 5.31. The van der Waals surface area contributed by atoms with Gasteiger partial charge in [-0.3, -0.25) is 13.9 Å². The number of carboxylic acids is 1. The summed E-state index contributed by atoms with van der Waals surface area (Å²) in [5.41, 5.74) is 4.81. The maximum absolute atomic E-state index is 13.1. The molecule has 2 amide bonds. The number of carbonyl (C=O) groups is 3. The van der Waals surface area contributed by atoms with Gasteiger partial charge in [-0.05, 0) is 13.0 Å². The normalized spacial score (nSPS) is 24.6. The van der Waals surface area contributed by atoms with E-state index in [4.69, 9.17) is 10.6 Å². The lowest BCUT2D eigenvalue weighted by atomic mass is 9.98. The van der Waals surface area contributed by atoms with E-state index in [1.54, 1.807) is 6.20 Å². The molecule has 0 aromatic carbocycles. The molecule has 3 aliphatic rings. The Morgan fingerprint density at radius 3 is 2.89 bits per heavy atom. The van der Waals surface area contributed by atoms with Crippen molar-refractivity contribution in [2.75, 3.05) is 18.8 Å². The number of oxime groups is 1. The Morgan fingerprint density at radius 1 is 1.43 bits per heavy atom. The predicted octanol–water partition coefficient (Wildman–Crippen LogP) is -1.65. The molecule has 0 spiro atoms. The van der Waals surface area contributed by atoms with Gasteiger partial charge in [-0.25, -0.2) is 9.78 Å². The van der Waals surface area contributed by atoms with Gasteiger partial charge >= 0.3 is 5.97 Å². The first-order valence-electron chi connectivity index (χ1n) is 11.6. The van der Waals surface area contributed by atoms with Crippen LogP contribution in [0, 0.1) is 0 Å². The minimum Gasteiger partial charge on any atom is -0.478 e. The number of anilines is 1. The van der Waals surface area contributed by atoms with Gasteiger partial charge in [-0.1, -0.05) is 18.0 Å². The van der Waals surface area contributed by atoms with Crippen molar-refractivity contribution in [3.63, 3.8) is 0 Å². The van der Waals surface area contributed by atoms with Gasteiger partial charge in [0, 0.05) is 37.4 Å². The molecule has 1 saturated carbocycles. The first-order valence-corrected chi connectivity index (χ1v) is 12.9. The molecule has 2 saturated heterocycles. The van der Waals surface area contributed by atoms with E-state index in [1.165, 1.54) is 14.5 Å². The van der Waals surface area contributed by atoms with Crippen molar-refractivity contribution in [3.8, 4) is 0 Å². The topological polar surface area (TPSA) is 202 Å². The van der Waals surface area contributed by atoms with Gasteiger partial charge in [0.1, 0.15) is 11.7 Å². The van der Waals surface area contributed by atoms with Gasteiger partial charge in [-0.15, -0.1) is 11.3 Å². The maximum atomic E-state index is 13.1. The van der Waals surface area contributed by atoms with Crippen molar-refractivity contribution >= 4 is 52.8 Å². The number of nitrogen functional groups attached to an aromatic ring is 1. The molecule has 3 fully saturated rings. The smallest absolute Gasteiger partial charge is 0.350 e. The minimum atomic E-state index is -1.46. The summed E-state index contributed by atoms with van der Waals surface area (Å²) in [5, 5.41) is 32.9. The quantitative estimate of drug-likeness (QED) is 0.0809. The number of hydrogen-bond acceptors (Lipinski definition) is 13. The number of aromatic nitrogens is 4. The van der Waals surface area contributed by atoms with E-state index in [2.05, 4.69) is 49.1 Å². The molecule has 5 rings (SSSR count). The molecule has 2 aromatic rings. The van der Waals surface area contributed by atoms with E-state index in [-0.39, 0.29) is 35.9 Å². The molecule has 1 aliphatic carbocycles. The molecule has 4 heterocycles. The Morgan fingerprint density at radius 2 is 2.24 bits per heavy atom. The van der Waals surface area contributed by atoms with Crippen molar-refractivity contribution in [1.29, 1.82) is 0 Å². The third-order valence-corrected chi connectivity index (χ3v) is 7.60. The van der Waals surface area contributed by atoms with Crippen LogP contribution in [0.1, 0.15) is 30.7 Å². The molecule has 37 heavy (non-hydrogen) atoms. The predicted molar refractivity (Wildman–Crippen MR) is 133 cm³/mol. The number of nitrogens with two attached hydrogens (primary N) is 1. The van der Waals surface area contributed by atoms with Crippen LogP contribution in [0.3, 0.4) is 0 Å². The zero-order valence-electron chi connectivity index (χ0n) is 19.5. The lowest BCUT2D eigenvalue weighted by molar-refractivity contribution is -0.153. The highest BCUT2D eigenvalue weighted by Crippen LogP contribution is 2.40. The fraction of sp³-hybridized carbons (Fsp3) is 0.550. The Hall–Kier alpha value is -3.28. The first-order chi connectivity index (χ1) is 17.8. The van der Waals surface area contributed by atoms with Crippen LogP contribution in [-0.4, -0.2) is 89.7 Å². The van der Waals surface area contributed by atoms with Crippen LogP contribution in [-0.2, 0) is 32.3 Å². The summed E-state index contributed by atoms with van der Waals surface area (Å²) in [7, 11) is 0. The first kappa shape index (κ1) is 25.4. The van der Waals surface area contributed by atoms with Crippen LogP contribution >= 0.6 is 24.2 Å². The van der Waals surface area contributed by atoms with Crippen LogP contribution in [0.4, 0.5) is 5.13 Å². The summed E-state index contributed by atoms with van der Waals surface area (Å²) in [5.74, 6) is -2.36. The number of amides is 2. The molecule has 15 nitrogen and oxygen atoms in total. The fourth-order valence-corrected chi connectivity index (χ4v) is 4.90. The number of aliphatic carboxylic acids is 1. The van der Waals surface area contributed by atoms with E-state index >= 15 is 0 Å². The Bertz CT molecular complexity index is 1220. The molecule has 6 N–H and O–H groups in total. The number of rotatable bonds is 11. The van der Waals surface area contributed by atoms with Gasteiger partial charge in [0.2, 0.25) is 5.60 Å². The van der Waals surface area contributed by atoms with Crippen LogP contribution in [0.2, 0.25) is 0 Å². The number of carboxylic acid groups (broad SMARTS) is 1. The molecule has 3 atom stereocenters. The SMILES string of the molecule is Nc1nc(/C(=N/OC2(C(=O)O)CC2)C(=O)NC2C(=O)N(S)C2Cn2ncc(CNC3CCNC3)n2)cs1. The van der Waals surface area contributed by atoms with Crippen molar-refractivity contribution in [2.45, 2.75) is 56.1 Å². The van der Waals surface area contributed by atoms with E-state index in [0.29, 0.717) is 12.6 Å². The van der Waals surface area contributed by atoms with Crippen molar-refractivity contribution in [1.82, 2.24) is 40.2 Å². The summed E-state index contributed by atoms with van der Waals surface area (Å²) in [6, 6.07) is -1.08. The second kappa shape index (κ2) is 10.2. The van der Waals surface area contributed by atoms with Crippen LogP contribution in [0.25, 0.3) is 0 Å². The summed E-state index contributed by atoms with van der Waals surface area (Å²) in [6.07, 6.45) is 3.24. The number of thiol groups is 1. The maximum Gasteiger partial charge on any atom is 0.350 e. The third kappa shape index (κ3) is 5.39. The molecule has 198 valence electrons. The van der Waals surface area contributed by atoms with Gasteiger partial charge in [-0.2, -0.15) is 15.0 Å². The number of β-lactam (4-membered cyclic amide) rings is 1. The summed E-state index contributed by atoms with van der Waals surface area (Å²) in [4.78, 5) is 47.8. The molecule has 0 bridgehead atoms. The fourth-order valence-electron chi connectivity index (χ4n) is 4.02. The van der Waals surface area contributed by atoms with Crippen molar-refractivity contribution < 1.29 is 24.3 Å². The Kier molecular flexibility index (Phi) is 7.02. The van der Waals surface area contributed by atoms with Crippen LogP contribution in [0.15, 0.2) is 16.7 Å². The molecule has 17 heteroatoms. The second-order valence-electron chi connectivity index (χ2n) is 9.06. The molecule has 0 radical (unpaired) electrons. The zero-order valence-corrected chi connectivity index (χ0v) is 21.2. The number of thiazole rings is 1. The molecule has 2 aromatic heterocycles. The van der Waals surface area contributed by atoms with Gasteiger partial charge in [0.15, 0.2) is 10.8 Å². The number of hydrogen-bond donors (Lipinski definition) is 6. The standard InChI is InChI=1S/C20H26N10O5S2/c21-19-25-12(9-37-19)14(28-35-20(2-3-20)18(33)34)16(31)26-15-13(30(36)17(15)32)8-29-24-7-11(27-29)6-23-10-1-4-22-5-10/h7,9-10,13,15,22-23,36H,1-6,8H2,(H2,21,25)(H,26,31)(H,33,34)/b28-14-. The molecule has 2 aliphatic heterocycles. The minimum absolute atomic E-state index is 0.107. The average molecular weight is 551 g/mol. The summed E-state index contributed by atoms with van der Waals surface area (Å²) in [6.45, 7) is 2.66. The molecular weight excluding hydrogens is 524 g/mol. The van der Waals surface area contributed by atoms with Gasteiger partial charge < -0.3 is 31.6 Å². The highest BCUT2D eigenvalue weighted by molar-refractivity contribution is 7.78. The zero-order chi connectivity index (χ0) is 26.2. The second-order valence-corrected chi connectivity index (χ2v) is 10.4. The van der Waals surface area contributed by atoms with E-state index < -0.39 is 35.5 Å². The largest absolute Gasteiger partial charge is 0.478 e. The third-order valence-electron chi connectivity index (χ3n) is 6.43. The number of nitrogens with one attached hydrogen (secondary N) is 3. The van der Waals surface area contributed by atoms with Crippen molar-refractivity contribution in [2.24, 2.45) is 5.16 Å². The van der Waals surface area contributed by atoms with Crippen molar-refractivity contribution in [3.05, 3.63) is 23.0 Å². The number of nitrogens with zero attached hydrogens (tertiary/aromatic N) is 6. The Balaban J connectivity index is 1.24. The van der Waals surface area contributed by atoms with E-state index in [9.17, 15) is 19.5 Å². The van der Waals surface area contributed by atoms with E-state index in [0.717, 1.165) is 36.5 Å². The lowest BCUT2D eigenvalue weighted by Crippen LogP contribution is -2.69. The molecular formula is C20H26N10O5S2. The number of carbonyl (C=O) groups excluding carboxylic acids is 2. The summed E-state index contributed by atoms with van der Waals surface area (Å²) < 4.78 is 1.20. The average Bonchev–Trinajstić information content (AvgIpc) is 3.23. The highest BCUT2D eigenvalue weighted by Gasteiger charge is 2.55. The monoisotopic (exact) mass is 550 g/mol. The van der Waals surface area contributed by atoms with Crippen LogP contribution < -0.4 is 21.7 Å². The van der Waals surface area contributed by atoms with Gasteiger partial charge in [0.25, 0.3) is 11.8 Å². The highest BCUT2D eigenvalue weighted by atomic mass is 32.1. The van der Waals surface area contributed by atoms with Crippen LogP contribution in [0.5, 0.6) is 0 Å². The van der Waals surface area contributed by atoms with E-state index in [1.807, 2.05) is 0 Å². The lowest BCUT2D eigenvalue weighted by Gasteiger charge is -2.43. The Labute approximate surface area is 220 Å². The molecule has 3 unspecified atom stereocenters.